The van der Waals surface area contributed by atoms with Crippen LogP contribution in [0.4, 0.5) is 5.82 Å². The molecule has 2 aromatic heterocycles. The number of carbonyl (C=O) groups is 1. The molecule has 4 heterocycles. The number of thiazole rings is 1. The molecule has 0 unspecified atom stereocenters. The normalized spacial score (nSPS) is 27.0. The summed E-state index contributed by atoms with van der Waals surface area (Å²) in [5, 5.41) is 16.0. The van der Waals surface area contributed by atoms with E-state index in [-0.39, 0.29) is 5.91 Å². The van der Waals surface area contributed by atoms with Gasteiger partial charge < -0.3 is 20.1 Å². The Morgan fingerprint density at radius 3 is 2.82 bits per heavy atom. The Labute approximate surface area is 168 Å². The number of nitrogens with one attached hydrogen (secondary N) is 1. The maximum Gasteiger partial charge on any atom is 0.271 e. The number of hydrogen-bond donors (Lipinski definition) is 2. The molecule has 0 aromatic carbocycles. The number of aromatic nitrogens is 2. The first-order valence-corrected chi connectivity index (χ1v) is 10.6. The Hall–Kier alpha value is -2.03. The number of aliphatic hydroxyl groups is 1. The van der Waals surface area contributed by atoms with Crippen LogP contribution in [0.15, 0.2) is 29.2 Å². The number of hydrogen-bond acceptors (Lipinski definition) is 7. The van der Waals surface area contributed by atoms with Gasteiger partial charge >= 0.3 is 0 Å². The lowest BCUT2D eigenvalue weighted by Crippen LogP contribution is -2.69. The largest absolute Gasteiger partial charge is 0.388 e. The van der Waals surface area contributed by atoms with E-state index in [1.165, 1.54) is 11.3 Å². The molecule has 8 heteroatoms. The maximum atomic E-state index is 12.5. The summed E-state index contributed by atoms with van der Waals surface area (Å²) in [5.41, 5.74) is 1.77. The summed E-state index contributed by atoms with van der Waals surface area (Å²) in [5.74, 6) is 0.739. The Morgan fingerprint density at radius 2 is 2.14 bits per heavy atom. The van der Waals surface area contributed by atoms with Gasteiger partial charge in [0, 0.05) is 31.3 Å². The van der Waals surface area contributed by atoms with Gasteiger partial charge in [-0.25, -0.2) is 9.97 Å². The summed E-state index contributed by atoms with van der Waals surface area (Å²) >= 11 is 1.38. The minimum Gasteiger partial charge on any atom is -0.388 e. The Morgan fingerprint density at radius 1 is 1.36 bits per heavy atom. The number of amides is 1. The second-order valence-corrected chi connectivity index (χ2v) is 8.66. The third-order valence-corrected chi connectivity index (χ3v) is 6.65. The van der Waals surface area contributed by atoms with Crippen LogP contribution in [-0.4, -0.2) is 57.9 Å². The van der Waals surface area contributed by atoms with E-state index in [1.54, 1.807) is 10.9 Å². The van der Waals surface area contributed by atoms with Crippen LogP contribution in [0.2, 0.25) is 0 Å². The SMILES string of the molecule is Cc1cccnc1N1CCC2(CC1)OCC[C@](C)(NC(=O)c1cscn1)[C@H]2O. The number of carbonyl (C=O) groups excluding carboxylic acids is 1. The van der Waals surface area contributed by atoms with Crippen molar-refractivity contribution in [3.8, 4) is 0 Å². The average molecular weight is 403 g/mol. The zero-order chi connectivity index (χ0) is 19.8. The first-order valence-electron chi connectivity index (χ1n) is 9.63. The minimum absolute atomic E-state index is 0.249. The van der Waals surface area contributed by atoms with Crippen LogP contribution in [0.3, 0.4) is 0 Å². The maximum absolute atomic E-state index is 12.5. The monoisotopic (exact) mass is 402 g/mol. The molecule has 0 radical (unpaired) electrons. The highest BCUT2D eigenvalue weighted by molar-refractivity contribution is 7.07. The number of piperidine rings is 1. The summed E-state index contributed by atoms with van der Waals surface area (Å²) in [7, 11) is 0. The standard InChI is InChI=1S/C20H26N4O3S/c1-14-4-3-8-21-16(14)24-9-5-20(6-10-24)18(26)19(2,7-11-27-20)23-17(25)15-12-28-13-22-15/h3-4,8,12-13,18,26H,5-7,9-11H2,1-2H3,(H,23,25)/t18-,19+/m1/s1. The number of nitrogens with zero attached hydrogens (tertiary/aromatic N) is 3. The molecule has 2 aliphatic heterocycles. The second-order valence-electron chi connectivity index (χ2n) is 7.94. The Balaban J connectivity index is 1.48. The van der Waals surface area contributed by atoms with Crippen molar-refractivity contribution in [3.63, 3.8) is 0 Å². The fourth-order valence-electron chi connectivity index (χ4n) is 4.36. The van der Waals surface area contributed by atoms with Crippen molar-refractivity contribution in [2.24, 2.45) is 0 Å². The summed E-state index contributed by atoms with van der Waals surface area (Å²) in [6, 6.07) is 4.00. The highest BCUT2D eigenvalue weighted by atomic mass is 32.1. The van der Waals surface area contributed by atoms with Crippen LogP contribution in [0.5, 0.6) is 0 Å². The van der Waals surface area contributed by atoms with Crippen LogP contribution >= 0.6 is 11.3 Å². The Kier molecular flexibility index (Phi) is 5.11. The molecule has 28 heavy (non-hydrogen) atoms. The lowest BCUT2D eigenvalue weighted by Gasteiger charge is -2.53. The van der Waals surface area contributed by atoms with Crippen molar-refractivity contribution >= 4 is 23.1 Å². The van der Waals surface area contributed by atoms with Crippen molar-refractivity contribution in [1.29, 1.82) is 0 Å². The quantitative estimate of drug-likeness (QED) is 0.818. The lowest BCUT2D eigenvalue weighted by atomic mass is 9.73. The van der Waals surface area contributed by atoms with Gasteiger partial charge in [0.25, 0.3) is 5.91 Å². The predicted octanol–water partition coefficient (Wildman–Crippen LogP) is 2.16. The highest BCUT2D eigenvalue weighted by Gasteiger charge is 2.54. The number of anilines is 1. The smallest absolute Gasteiger partial charge is 0.271 e. The molecule has 4 rings (SSSR count). The van der Waals surface area contributed by atoms with Crippen LogP contribution in [0.25, 0.3) is 0 Å². The van der Waals surface area contributed by atoms with Gasteiger partial charge in [-0.1, -0.05) is 6.07 Å². The van der Waals surface area contributed by atoms with E-state index in [0.29, 0.717) is 31.6 Å². The van der Waals surface area contributed by atoms with Gasteiger partial charge in [0.2, 0.25) is 0 Å². The number of ether oxygens (including phenoxy) is 1. The molecule has 2 aromatic rings. The fraction of sp³-hybridized carbons (Fsp3) is 0.550. The van der Waals surface area contributed by atoms with Crippen molar-refractivity contribution in [2.75, 3.05) is 24.6 Å². The number of aliphatic hydroxyl groups excluding tert-OH is 1. The summed E-state index contributed by atoms with van der Waals surface area (Å²) in [4.78, 5) is 23.4. The van der Waals surface area contributed by atoms with Crippen LogP contribution < -0.4 is 10.2 Å². The number of rotatable bonds is 3. The summed E-state index contributed by atoms with van der Waals surface area (Å²) in [6.45, 7) is 5.98. The molecule has 150 valence electrons. The van der Waals surface area contributed by atoms with Gasteiger partial charge in [0.05, 0.1) is 16.7 Å². The molecule has 1 spiro atoms. The molecule has 2 fully saturated rings. The third kappa shape index (κ3) is 3.40. The van der Waals surface area contributed by atoms with Crippen molar-refractivity contribution < 1.29 is 14.6 Å². The van der Waals surface area contributed by atoms with Crippen molar-refractivity contribution in [2.45, 2.75) is 50.4 Å². The van der Waals surface area contributed by atoms with Gasteiger partial charge in [-0.2, -0.15) is 0 Å². The van der Waals surface area contributed by atoms with Gasteiger partial charge in [0.15, 0.2) is 0 Å². The van der Waals surface area contributed by atoms with Crippen LogP contribution in [0.1, 0.15) is 42.2 Å². The van der Waals surface area contributed by atoms with E-state index in [4.69, 9.17) is 4.74 Å². The van der Waals surface area contributed by atoms with Crippen LogP contribution in [-0.2, 0) is 4.74 Å². The van der Waals surface area contributed by atoms with Crippen molar-refractivity contribution in [1.82, 2.24) is 15.3 Å². The molecule has 2 atom stereocenters. The molecule has 0 aliphatic carbocycles. The van der Waals surface area contributed by atoms with Crippen LogP contribution in [0, 0.1) is 6.92 Å². The molecule has 7 nitrogen and oxygen atoms in total. The molecule has 0 bridgehead atoms. The molecule has 2 N–H and O–H groups in total. The van der Waals surface area contributed by atoms with E-state index in [9.17, 15) is 9.90 Å². The van der Waals surface area contributed by atoms with Gasteiger partial charge in [-0.05, 0) is 44.7 Å². The molecule has 1 amide bonds. The molecule has 2 saturated heterocycles. The minimum atomic E-state index is -0.789. The highest BCUT2D eigenvalue weighted by Crippen LogP contribution is 2.40. The molecular formula is C20H26N4O3S. The molecule has 0 saturated carbocycles. The van der Waals surface area contributed by atoms with E-state index in [1.807, 2.05) is 19.2 Å². The summed E-state index contributed by atoms with van der Waals surface area (Å²) in [6.07, 6.45) is 2.96. The van der Waals surface area contributed by atoms with Gasteiger partial charge in [-0.15, -0.1) is 11.3 Å². The zero-order valence-corrected chi connectivity index (χ0v) is 17.0. The van der Waals surface area contributed by atoms with E-state index in [0.717, 1.165) is 24.5 Å². The third-order valence-electron chi connectivity index (χ3n) is 6.07. The topological polar surface area (TPSA) is 87.6 Å². The average Bonchev–Trinajstić information content (AvgIpc) is 3.23. The predicted molar refractivity (Wildman–Crippen MR) is 108 cm³/mol. The first kappa shape index (κ1) is 19.3. The van der Waals surface area contributed by atoms with E-state index < -0.39 is 17.2 Å². The van der Waals surface area contributed by atoms with E-state index >= 15 is 0 Å². The van der Waals surface area contributed by atoms with Crippen molar-refractivity contribution in [3.05, 3.63) is 40.5 Å². The Bertz CT molecular complexity index is 836. The molecule has 2 aliphatic rings. The van der Waals surface area contributed by atoms with E-state index in [2.05, 4.69) is 33.2 Å². The summed E-state index contributed by atoms with van der Waals surface area (Å²) < 4.78 is 6.14. The zero-order valence-electron chi connectivity index (χ0n) is 16.2. The van der Waals surface area contributed by atoms with Gasteiger partial charge in [0.1, 0.15) is 17.6 Å². The fourth-order valence-corrected chi connectivity index (χ4v) is 4.90. The molecular weight excluding hydrogens is 376 g/mol. The lowest BCUT2D eigenvalue weighted by molar-refractivity contribution is -0.195. The van der Waals surface area contributed by atoms with Gasteiger partial charge in [-0.3, -0.25) is 4.79 Å². The number of aryl methyl sites for hydroxylation is 1. The number of pyridine rings is 1. The second kappa shape index (κ2) is 7.42. The first-order chi connectivity index (χ1) is 13.4.